The molecule has 0 aliphatic carbocycles. The molecule has 1 atom stereocenters. The molecule has 0 saturated carbocycles. The summed E-state index contributed by atoms with van der Waals surface area (Å²) >= 11 is 1.62. The standard InChI is InChI=1S/C16H23NO4S/c1-21-9-7-16(15(19)20)6-2-8-17(12-16)14(18)4-3-13-5-10-22-11-13/h5,10-11H,2-4,6-9,12H2,1H3,(H,19,20). The summed E-state index contributed by atoms with van der Waals surface area (Å²) in [5.41, 5.74) is 0.311. The topological polar surface area (TPSA) is 66.8 Å². The quantitative estimate of drug-likeness (QED) is 0.836. The van der Waals surface area contributed by atoms with Gasteiger partial charge in [-0.15, -0.1) is 0 Å². The van der Waals surface area contributed by atoms with E-state index in [1.54, 1.807) is 23.3 Å². The Morgan fingerprint density at radius 1 is 1.50 bits per heavy atom. The molecule has 22 heavy (non-hydrogen) atoms. The summed E-state index contributed by atoms with van der Waals surface area (Å²) in [6.45, 7) is 1.36. The third-order valence-electron chi connectivity index (χ3n) is 4.38. The van der Waals surface area contributed by atoms with Crippen molar-refractivity contribution in [2.45, 2.75) is 32.1 Å². The summed E-state index contributed by atoms with van der Waals surface area (Å²) in [6.07, 6.45) is 2.96. The van der Waals surface area contributed by atoms with E-state index in [-0.39, 0.29) is 5.91 Å². The molecule has 6 heteroatoms. The van der Waals surface area contributed by atoms with E-state index in [4.69, 9.17) is 4.74 Å². The summed E-state index contributed by atoms with van der Waals surface area (Å²) in [7, 11) is 1.57. The largest absolute Gasteiger partial charge is 0.481 e. The van der Waals surface area contributed by atoms with Crippen LogP contribution in [0.15, 0.2) is 16.8 Å². The van der Waals surface area contributed by atoms with Gasteiger partial charge in [0.25, 0.3) is 0 Å². The van der Waals surface area contributed by atoms with Gasteiger partial charge in [0.15, 0.2) is 0 Å². The Balaban J connectivity index is 1.95. The summed E-state index contributed by atoms with van der Waals surface area (Å²) in [5, 5.41) is 13.6. The van der Waals surface area contributed by atoms with Gasteiger partial charge in [0.2, 0.25) is 5.91 Å². The normalized spacial score (nSPS) is 21.8. The molecular formula is C16H23NO4S. The molecular weight excluding hydrogens is 302 g/mol. The van der Waals surface area contributed by atoms with E-state index in [9.17, 15) is 14.7 Å². The van der Waals surface area contributed by atoms with Crippen LogP contribution in [0.1, 0.15) is 31.2 Å². The van der Waals surface area contributed by atoms with Crippen LogP contribution in [0.3, 0.4) is 0 Å². The van der Waals surface area contributed by atoms with Crippen LogP contribution >= 0.6 is 11.3 Å². The zero-order valence-electron chi connectivity index (χ0n) is 12.9. The molecule has 1 fully saturated rings. The Morgan fingerprint density at radius 2 is 2.32 bits per heavy atom. The number of aliphatic carboxylic acids is 1. The number of nitrogens with zero attached hydrogens (tertiary/aromatic N) is 1. The van der Waals surface area contributed by atoms with Gasteiger partial charge in [-0.2, -0.15) is 11.3 Å². The van der Waals surface area contributed by atoms with Crippen molar-refractivity contribution in [1.82, 2.24) is 4.90 Å². The fourth-order valence-corrected chi connectivity index (χ4v) is 3.68. The number of ether oxygens (including phenoxy) is 1. The van der Waals surface area contributed by atoms with Crippen molar-refractivity contribution in [3.8, 4) is 0 Å². The van der Waals surface area contributed by atoms with Gasteiger partial charge in [0.05, 0.1) is 5.41 Å². The monoisotopic (exact) mass is 325 g/mol. The minimum absolute atomic E-state index is 0.0499. The minimum atomic E-state index is -0.855. The summed E-state index contributed by atoms with van der Waals surface area (Å²) < 4.78 is 5.05. The Morgan fingerprint density at radius 3 is 2.95 bits per heavy atom. The molecule has 0 radical (unpaired) electrons. The lowest BCUT2D eigenvalue weighted by Gasteiger charge is -2.40. The first kappa shape index (κ1) is 17.0. The van der Waals surface area contributed by atoms with Crippen molar-refractivity contribution in [3.05, 3.63) is 22.4 Å². The number of rotatable bonds is 7. The molecule has 1 aliphatic rings. The van der Waals surface area contributed by atoms with Gasteiger partial charge in [0.1, 0.15) is 0 Å². The van der Waals surface area contributed by atoms with Gasteiger partial charge >= 0.3 is 5.97 Å². The number of methoxy groups -OCH3 is 1. The van der Waals surface area contributed by atoms with Crippen molar-refractivity contribution < 1.29 is 19.4 Å². The fourth-order valence-electron chi connectivity index (χ4n) is 2.97. The Labute approximate surface area is 134 Å². The average molecular weight is 325 g/mol. The van der Waals surface area contributed by atoms with Crippen LogP contribution in [0.5, 0.6) is 0 Å². The molecule has 0 spiro atoms. The van der Waals surface area contributed by atoms with E-state index in [0.29, 0.717) is 39.0 Å². The first-order chi connectivity index (χ1) is 10.6. The van der Waals surface area contributed by atoms with Gasteiger partial charge in [-0.25, -0.2) is 0 Å². The number of hydrogen-bond donors (Lipinski definition) is 1. The Kier molecular flexibility index (Phi) is 5.97. The average Bonchev–Trinajstić information content (AvgIpc) is 3.04. The maximum absolute atomic E-state index is 12.4. The number of amides is 1. The molecule has 0 bridgehead atoms. The van der Waals surface area contributed by atoms with Crippen LogP contribution in [-0.2, 0) is 20.7 Å². The van der Waals surface area contributed by atoms with Crippen molar-refractivity contribution in [2.75, 3.05) is 26.8 Å². The van der Waals surface area contributed by atoms with Crippen molar-refractivity contribution >= 4 is 23.2 Å². The first-order valence-corrected chi connectivity index (χ1v) is 8.53. The molecule has 1 amide bonds. The molecule has 2 heterocycles. The number of hydrogen-bond acceptors (Lipinski definition) is 4. The molecule has 1 aromatic rings. The Hall–Kier alpha value is -1.40. The highest BCUT2D eigenvalue weighted by Crippen LogP contribution is 2.34. The number of carboxylic acid groups (broad SMARTS) is 1. The van der Waals surface area contributed by atoms with Gasteiger partial charge < -0.3 is 14.7 Å². The highest BCUT2D eigenvalue weighted by molar-refractivity contribution is 7.07. The van der Waals surface area contributed by atoms with E-state index in [0.717, 1.165) is 12.8 Å². The van der Waals surface area contributed by atoms with Crippen LogP contribution in [0.2, 0.25) is 0 Å². The SMILES string of the molecule is COCCC1(C(=O)O)CCCN(C(=O)CCc2ccsc2)C1. The van der Waals surface area contributed by atoms with Gasteiger partial charge in [0, 0.05) is 33.2 Å². The highest BCUT2D eigenvalue weighted by Gasteiger charge is 2.43. The molecule has 1 unspecified atom stereocenters. The maximum atomic E-state index is 12.4. The van der Waals surface area contributed by atoms with Crippen molar-refractivity contribution in [1.29, 1.82) is 0 Å². The number of likely N-dealkylation sites (tertiary alicyclic amines) is 1. The number of carbonyl (C=O) groups is 2. The van der Waals surface area contributed by atoms with Crippen molar-refractivity contribution in [2.24, 2.45) is 5.41 Å². The lowest BCUT2D eigenvalue weighted by molar-refractivity contribution is -0.156. The number of carboxylic acids is 1. The molecule has 1 N–H and O–H groups in total. The van der Waals surface area contributed by atoms with Gasteiger partial charge in [-0.1, -0.05) is 0 Å². The summed E-state index contributed by atoms with van der Waals surface area (Å²) in [5.74, 6) is -0.770. The third kappa shape index (κ3) is 4.08. The lowest BCUT2D eigenvalue weighted by Crippen LogP contribution is -2.50. The molecule has 1 aliphatic heterocycles. The second kappa shape index (κ2) is 7.74. The number of thiophene rings is 1. The van der Waals surface area contributed by atoms with Gasteiger partial charge in [-0.05, 0) is 48.1 Å². The third-order valence-corrected chi connectivity index (χ3v) is 5.11. The van der Waals surface area contributed by atoms with E-state index in [2.05, 4.69) is 0 Å². The van der Waals surface area contributed by atoms with Gasteiger partial charge in [-0.3, -0.25) is 9.59 Å². The number of aryl methyl sites for hydroxylation is 1. The molecule has 1 aromatic heterocycles. The van der Waals surface area contributed by atoms with E-state index in [1.807, 2.05) is 16.8 Å². The molecule has 5 nitrogen and oxygen atoms in total. The predicted molar refractivity (Wildman–Crippen MR) is 85.0 cm³/mol. The minimum Gasteiger partial charge on any atom is -0.481 e. The van der Waals surface area contributed by atoms with Crippen LogP contribution in [-0.4, -0.2) is 48.7 Å². The summed E-state index contributed by atoms with van der Waals surface area (Å²) in [6, 6.07) is 2.02. The van der Waals surface area contributed by atoms with Crippen LogP contribution in [0, 0.1) is 5.41 Å². The van der Waals surface area contributed by atoms with E-state index < -0.39 is 11.4 Å². The lowest BCUT2D eigenvalue weighted by atomic mass is 9.77. The highest BCUT2D eigenvalue weighted by atomic mass is 32.1. The molecule has 0 aromatic carbocycles. The zero-order valence-corrected chi connectivity index (χ0v) is 13.7. The second-order valence-corrected chi connectivity index (χ2v) is 6.66. The number of piperidine rings is 1. The number of carbonyl (C=O) groups excluding carboxylic acids is 1. The van der Waals surface area contributed by atoms with E-state index in [1.165, 1.54) is 5.56 Å². The molecule has 1 saturated heterocycles. The molecule has 122 valence electrons. The zero-order chi connectivity index (χ0) is 16.0. The van der Waals surface area contributed by atoms with Crippen LogP contribution in [0.4, 0.5) is 0 Å². The predicted octanol–water partition coefficient (Wildman–Crippen LogP) is 2.41. The Bertz CT molecular complexity index is 502. The van der Waals surface area contributed by atoms with E-state index >= 15 is 0 Å². The summed E-state index contributed by atoms with van der Waals surface area (Å²) in [4.78, 5) is 25.8. The van der Waals surface area contributed by atoms with Crippen LogP contribution < -0.4 is 0 Å². The van der Waals surface area contributed by atoms with Crippen molar-refractivity contribution in [3.63, 3.8) is 0 Å². The molecule has 2 rings (SSSR count). The second-order valence-electron chi connectivity index (χ2n) is 5.88. The smallest absolute Gasteiger partial charge is 0.311 e. The first-order valence-electron chi connectivity index (χ1n) is 7.58. The maximum Gasteiger partial charge on any atom is 0.311 e. The van der Waals surface area contributed by atoms with Crippen LogP contribution in [0.25, 0.3) is 0 Å². The fraction of sp³-hybridized carbons (Fsp3) is 0.625.